The molecule has 94 valence electrons. The predicted molar refractivity (Wildman–Crippen MR) is 77.2 cm³/mol. The third-order valence-corrected chi connectivity index (χ3v) is 3.37. The molecule has 18 heavy (non-hydrogen) atoms. The zero-order valence-corrected chi connectivity index (χ0v) is 11.5. The first-order valence-corrected chi connectivity index (χ1v) is 6.48. The van der Waals surface area contributed by atoms with Gasteiger partial charge >= 0.3 is 0 Å². The number of benzene rings is 1. The predicted octanol–water partition coefficient (Wildman–Crippen LogP) is 3.93. The maximum Gasteiger partial charge on any atom is 0.133 e. The van der Waals surface area contributed by atoms with E-state index in [0.717, 1.165) is 18.5 Å². The summed E-state index contributed by atoms with van der Waals surface area (Å²) in [5, 5.41) is 0.578. The number of rotatable bonds is 4. The molecule has 0 N–H and O–H groups in total. The Labute approximate surface area is 113 Å². The van der Waals surface area contributed by atoms with Crippen LogP contribution in [-0.2, 0) is 13.0 Å². The number of aryl methyl sites for hydroxylation is 1. The molecule has 1 heterocycles. The molecule has 2 rings (SSSR count). The highest BCUT2D eigenvalue weighted by Crippen LogP contribution is 2.19. The molecule has 0 saturated carbocycles. The molecule has 0 saturated heterocycles. The van der Waals surface area contributed by atoms with E-state index in [4.69, 9.17) is 11.6 Å². The molecule has 0 atom stereocenters. The Bertz CT molecular complexity index is 508. The van der Waals surface area contributed by atoms with E-state index in [1.807, 2.05) is 12.1 Å². The largest absolute Gasteiger partial charge is 0.370 e. The van der Waals surface area contributed by atoms with E-state index in [2.05, 4.69) is 48.1 Å². The summed E-state index contributed by atoms with van der Waals surface area (Å²) in [4.78, 5) is 6.26. The molecule has 0 radical (unpaired) electrons. The molecule has 0 unspecified atom stereocenters. The third-order valence-electron chi connectivity index (χ3n) is 3.03. The minimum absolute atomic E-state index is 0.578. The van der Waals surface area contributed by atoms with Gasteiger partial charge in [-0.15, -0.1) is 0 Å². The van der Waals surface area contributed by atoms with Gasteiger partial charge in [-0.1, -0.05) is 36.7 Å². The van der Waals surface area contributed by atoms with Gasteiger partial charge in [0, 0.05) is 31.0 Å². The lowest BCUT2D eigenvalue weighted by Gasteiger charge is -2.20. The van der Waals surface area contributed by atoms with Gasteiger partial charge in [-0.25, -0.2) is 4.98 Å². The second-order valence-corrected chi connectivity index (χ2v) is 4.69. The highest BCUT2D eigenvalue weighted by Gasteiger charge is 2.05. The maximum absolute atomic E-state index is 6.07. The van der Waals surface area contributed by atoms with Crippen molar-refractivity contribution in [2.45, 2.75) is 19.9 Å². The van der Waals surface area contributed by atoms with Gasteiger partial charge in [0.25, 0.3) is 0 Å². The van der Waals surface area contributed by atoms with Gasteiger partial charge in [-0.3, -0.25) is 0 Å². The first-order valence-electron chi connectivity index (χ1n) is 6.10. The Morgan fingerprint density at radius 2 is 1.89 bits per heavy atom. The molecule has 0 aliphatic carbocycles. The number of hydrogen-bond donors (Lipinski definition) is 0. The molecule has 0 bridgehead atoms. The van der Waals surface area contributed by atoms with Gasteiger partial charge in [-0.2, -0.15) is 0 Å². The summed E-state index contributed by atoms with van der Waals surface area (Å²) >= 11 is 6.07. The minimum Gasteiger partial charge on any atom is -0.370 e. The lowest BCUT2D eigenvalue weighted by atomic mass is 10.1. The fraction of sp³-hybridized carbons (Fsp3) is 0.267. The van der Waals surface area contributed by atoms with E-state index >= 15 is 0 Å². The van der Waals surface area contributed by atoms with Crippen LogP contribution in [0.5, 0.6) is 0 Å². The average molecular weight is 261 g/mol. The molecular formula is C15H17ClN2. The van der Waals surface area contributed by atoms with Gasteiger partial charge in [0.2, 0.25) is 0 Å². The van der Waals surface area contributed by atoms with Gasteiger partial charge in [0.1, 0.15) is 5.15 Å². The highest BCUT2D eigenvalue weighted by atomic mass is 35.5. The van der Waals surface area contributed by atoms with E-state index < -0.39 is 0 Å². The Morgan fingerprint density at radius 3 is 2.50 bits per heavy atom. The van der Waals surface area contributed by atoms with Gasteiger partial charge < -0.3 is 4.90 Å². The number of pyridine rings is 1. The summed E-state index contributed by atoms with van der Waals surface area (Å²) < 4.78 is 0. The molecule has 2 aromatic rings. The van der Waals surface area contributed by atoms with Crippen LogP contribution < -0.4 is 4.90 Å². The summed E-state index contributed by atoms with van der Waals surface area (Å²) in [7, 11) is 2.06. The summed E-state index contributed by atoms with van der Waals surface area (Å²) in [6, 6.07) is 12.5. The Morgan fingerprint density at radius 1 is 1.17 bits per heavy atom. The van der Waals surface area contributed by atoms with Crippen LogP contribution in [0.2, 0.25) is 5.15 Å². The van der Waals surface area contributed by atoms with Crippen LogP contribution in [0.1, 0.15) is 18.1 Å². The monoisotopic (exact) mass is 260 g/mol. The van der Waals surface area contributed by atoms with Crippen LogP contribution in [0.4, 0.5) is 5.69 Å². The van der Waals surface area contributed by atoms with Crippen LogP contribution in [0.3, 0.4) is 0 Å². The van der Waals surface area contributed by atoms with Crippen molar-refractivity contribution in [1.29, 1.82) is 0 Å². The van der Waals surface area contributed by atoms with Crippen molar-refractivity contribution in [3.8, 4) is 0 Å². The first kappa shape index (κ1) is 12.9. The lowest BCUT2D eigenvalue weighted by molar-refractivity contribution is 0.914. The molecule has 3 heteroatoms. The molecule has 0 fully saturated rings. The smallest absolute Gasteiger partial charge is 0.133 e. The zero-order chi connectivity index (χ0) is 13.0. The fourth-order valence-corrected chi connectivity index (χ4v) is 2.05. The topological polar surface area (TPSA) is 16.1 Å². The highest BCUT2D eigenvalue weighted by molar-refractivity contribution is 6.30. The van der Waals surface area contributed by atoms with Crippen molar-refractivity contribution >= 4 is 17.3 Å². The lowest BCUT2D eigenvalue weighted by Crippen LogP contribution is -2.16. The van der Waals surface area contributed by atoms with Crippen molar-refractivity contribution < 1.29 is 0 Å². The van der Waals surface area contributed by atoms with Crippen LogP contribution in [0, 0.1) is 0 Å². The minimum atomic E-state index is 0.578. The van der Waals surface area contributed by atoms with Crippen molar-refractivity contribution in [2.24, 2.45) is 0 Å². The van der Waals surface area contributed by atoms with E-state index in [-0.39, 0.29) is 0 Å². The van der Waals surface area contributed by atoms with Crippen LogP contribution >= 0.6 is 11.6 Å². The number of aromatic nitrogens is 1. The molecule has 0 amide bonds. The Kier molecular flexibility index (Phi) is 4.21. The SMILES string of the molecule is CCc1ccc(N(C)Cc2cccnc2Cl)cc1. The normalized spacial score (nSPS) is 10.4. The number of halogens is 1. The quantitative estimate of drug-likeness (QED) is 0.775. The summed E-state index contributed by atoms with van der Waals surface area (Å²) in [5.41, 5.74) is 3.58. The van der Waals surface area contributed by atoms with Crippen molar-refractivity contribution in [3.05, 3.63) is 58.9 Å². The first-order chi connectivity index (χ1) is 8.70. The molecule has 0 aliphatic heterocycles. The van der Waals surface area contributed by atoms with E-state index in [1.54, 1.807) is 6.20 Å². The molecule has 0 spiro atoms. The van der Waals surface area contributed by atoms with Gasteiger partial charge in [-0.05, 0) is 30.2 Å². The standard InChI is InChI=1S/C15H17ClN2/c1-3-12-6-8-14(9-7-12)18(2)11-13-5-4-10-17-15(13)16/h4-10H,3,11H2,1-2H3. The fourth-order valence-electron chi connectivity index (χ4n) is 1.87. The number of hydrogen-bond acceptors (Lipinski definition) is 2. The molecular weight excluding hydrogens is 244 g/mol. The van der Waals surface area contributed by atoms with E-state index in [1.165, 1.54) is 11.3 Å². The second kappa shape index (κ2) is 5.87. The van der Waals surface area contributed by atoms with E-state index in [9.17, 15) is 0 Å². The molecule has 1 aromatic carbocycles. The summed E-state index contributed by atoms with van der Waals surface area (Å²) in [6.45, 7) is 2.92. The van der Waals surface area contributed by atoms with Gasteiger partial charge in [0.15, 0.2) is 0 Å². The zero-order valence-electron chi connectivity index (χ0n) is 10.7. The van der Waals surface area contributed by atoms with E-state index in [0.29, 0.717) is 5.15 Å². The van der Waals surface area contributed by atoms with Crippen molar-refractivity contribution in [1.82, 2.24) is 4.98 Å². The molecule has 2 nitrogen and oxygen atoms in total. The maximum atomic E-state index is 6.07. The summed E-state index contributed by atoms with van der Waals surface area (Å²) in [5.74, 6) is 0. The van der Waals surface area contributed by atoms with Crippen LogP contribution in [-0.4, -0.2) is 12.0 Å². The number of anilines is 1. The van der Waals surface area contributed by atoms with Crippen molar-refractivity contribution in [3.63, 3.8) is 0 Å². The van der Waals surface area contributed by atoms with Crippen LogP contribution in [0.25, 0.3) is 0 Å². The van der Waals surface area contributed by atoms with Gasteiger partial charge in [0.05, 0.1) is 0 Å². The Balaban J connectivity index is 2.11. The van der Waals surface area contributed by atoms with Crippen molar-refractivity contribution in [2.75, 3.05) is 11.9 Å². The summed E-state index contributed by atoms with van der Waals surface area (Å²) in [6.07, 6.45) is 2.78. The molecule has 1 aromatic heterocycles. The Hall–Kier alpha value is -1.54. The molecule has 0 aliphatic rings. The van der Waals surface area contributed by atoms with Crippen LogP contribution in [0.15, 0.2) is 42.6 Å². The third kappa shape index (κ3) is 3.02. The second-order valence-electron chi connectivity index (χ2n) is 4.33. The number of nitrogens with zero attached hydrogens (tertiary/aromatic N) is 2. The average Bonchev–Trinajstić information content (AvgIpc) is 2.41.